The van der Waals surface area contributed by atoms with Crippen molar-refractivity contribution in [3.8, 4) is 5.75 Å². The molecule has 1 aromatic rings. The van der Waals surface area contributed by atoms with Crippen LogP contribution in [0.3, 0.4) is 0 Å². The van der Waals surface area contributed by atoms with Gasteiger partial charge in [0.2, 0.25) is 0 Å². The Morgan fingerprint density at radius 2 is 2.00 bits per heavy atom. The zero-order valence-corrected chi connectivity index (χ0v) is 5.77. The fourth-order valence-corrected chi connectivity index (χ4v) is 0.710. The molecule has 0 radical (unpaired) electrons. The van der Waals surface area contributed by atoms with Crippen molar-refractivity contribution < 1.29 is 14.7 Å². The van der Waals surface area contributed by atoms with Gasteiger partial charge >= 0.3 is 36.9 Å². The Bertz CT molecular complexity index is 246. The summed E-state index contributed by atoms with van der Waals surface area (Å²) in [6.07, 6.45) is 0. The average Bonchev–Trinajstić information content (AvgIpc) is 1.85. The molecule has 60 valence electrons. The normalized spacial score (nSPS) is 8.50. The van der Waals surface area contributed by atoms with Gasteiger partial charge in [0.25, 0.3) is 0 Å². The maximum atomic E-state index is 8.39. The fraction of sp³-hybridized carbons (Fsp3) is 0. The first-order valence-corrected chi connectivity index (χ1v) is 3.07. The van der Waals surface area contributed by atoms with E-state index >= 15 is 0 Å². The Morgan fingerprint density at radius 1 is 1.33 bits per heavy atom. The minimum absolute atomic E-state index is 0. The van der Waals surface area contributed by atoms with Crippen molar-refractivity contribution in [3.63, 3.8) is 0 Å². The molecule has 6 heteroatoms. The Balaban J connectivity index is 0.00000121. The molecule has 0 saturated carbocycles. The number of benzene rings is 1. The molecule has 0 atom stereocenters. The van der Waals surface area contributed by atoms with Gasteiger partial charge in [0, 0.05) is 11.8 Å². The molecular weight excluding hydrogens is 168 g/mol. The predicted octanol–water partition coefficient (Wildman–Crippen LogP) is -1.03. The van der Waals surface area contributed by atoms with Gasteiger partial charge in [-0.2, -0.15) is 0 Å². The van der Waals surface area contributed by atoms with E-state index in [1.807, 2.05) is 0 Å². The Morgan fingerprint density at radius 3 is 2.50 bits per heavy atom. The van der Waals surface area contributed by atoms with E-state index in [0.717, 1.165) is 0 Å². The number of nitrogens with two attached hydrogens (primary N) is 1. The van der Waals surface area contributed by atoms with Gasteiger partial charge in [-0.3, -0.25) is 0 Å². The SMILES string of the molecule is Nc1cccc(OB(O)O)c1.[NaH]. The van der Waals surface area contributed by atoms with Crippen LogP contribution >= 0.6 is 0 Å². The van der Waals surface area contributed by atoms with E-state index in [4.69, 9.17) is 15.8 Å². The summed E-state index contributed by atoms with van der Waals surface area (Å²) in [5.74, 6) is 0.333. The number of hydrogen-bond acceptors (Lipinski definition) is 4. The number of anilines is 1. The van der Waals surface area contributed by atoms with Crippen LogP contribution in [0.2, 0.25) is 0 Å². The monoisotopic (exact) mass is 177 g/mol. The van der Waals surface area contributed by atoms with Gasteiger partial charge < -0.3 is 20.4 Å². The van der Waals surface area contributed by atoms with Crippen LogP contribution in [0.1, 0.15) is 0 Å². The Kier molecular flexibility index (Phi) is 5.36. The molecule has 0 heterocycles. The first-order valence-electron chi connectivity index (χ1n) is 3.07. The van der Waals surface area contributed by atoms with Gasteiger partial charge in [0.1, 0.15) is 5.75 Å². The van der Waals surface area contributed by atoms with Crippen molar-refractivity contribution in [2.45, 2.75) is 0 Å². The van der Waals surface area contributed by atoms with Crippen molar-refractivity contribution >= 4 is 42.6 Å². The number of nitrogen functional groups attached to an aromatic ring is 1. The van der Waals surface area contributed by atoms with Crippen molar-refractivity contribution in [1.82, 2.24) is 0 Å². The third kappa shape index (κ3) is 3.99. The van der Waals surface area contributed by atoms with Gasteiger partial charge in [-0.25, -0.2) is 0 Å². The molecule has 0 aliphatic rings. The van der Waals surface area contributed by atoms with E-state index in [1.54, 1.807) is 18.2 Å². The van der Waals surface area contributed by atoms with Crippen molar-refractivity contribution in [2.24, 2.45) is 0 Å². The summed E-state index contributed by atoms with van der Waals surface area (Å²) in [5.41, 5.74) is 5.91. The topological polar surface area (TPSA) is 75.7 Å². The van der Waals surface area contributed by atoms with Crippen LogP contribution in [0, 0.1) is 0 Å². The summed E-state index contributed by atoms with van der Waals surface area (Å²) < 4.78 is 4.53. The van der Waals surface area contributed by atoms with Crippen LogP contribution in [-0.4, -0.2) is 46.9 Å². The van der Waals surface area contributed by atoms with Crippen LogP contribution in [0.25, 0.3) is 0 Å². The molecule has 4 nitrogen and oxygen atoms in total. The van der Waals surface area contributed by atoms with Gasteiger partial charge in [0.05, 0.1) is 0 Å². The van der Waals surface area contributed by atoms with E-state index in [-0.39, 0.29) is 29.6 Å². The maximum absolute atomic E-state index is 8.39. The van der Waals surface area contributed by atoms with E-state index in [0.29, 0.717) is 11.4 Å². The summed E-state index contributed by atoms with van der Waals surface area (Å²) in [6, 6.07) is 6.42. The molecule has 1 aromatic carbocycles. The number of rotatable bonds is 2. The zero-order valence-electron chi connectivity index (χ0n) is 5.77. The van der Waals surface area contributed by atoms with E-state index < -0.39 is 7.32 Å². The quantitative estimate of drug-likeness (QED) is 0.398. The Hall–Kier alpha value is -0.195. The molecule has 12 heavy (non-hydrogen) atoms. The van der Waals surface area contributed by atoms with Crippen LogP contribution in [0.4, 0.5) is 5.69 Å². The molecule has 0 saturated heterocycles. The molecular formula is C6H9BNNaO3. The fourth-order valence-electron chi connectivity index (χ4n) is 0.710. The van der Waals surface area contributed by atoms with Crippen LogP contribution < -0.4 is 10.4 Å². The van der Waals surface area contributed by atoms with Crippen molar-refractivity contribution in [1.29, 1.82) is 0 Å². The molecule has 1 rings (SSSR count). The first kappa shape index (κ1) is 11.8. The number of hydrogen-bond donors (Lipinski definition) is 3. The van der Waals surface area contributed by atoms with Gasteiger partial charge in [-0.1, -0.05) is 6.07 Å². The summed E-state index contributed by atoms with van der Waals surface area (Å²) in [6.45, 7) is 0. The first-order chi connectivity index (χ1) is 5.18. The average molecular weight is 177 g/mol. The second-order valence-corrected chi connectivity index (χ2v) is 2.02. The summed E-state index contributed by atoms with van der Waals surface area (Å²) in [5, 5.41) is 16.8. The Labute approximate surface area is 92.8 Å². The van der Waals surface area contributed by atoms with E-state index in [1.165, 1.54) is 6.07 Å². The molecule has 0 spiro atoms. The van der Waals surface area contributed by atoms with Gasteiger partial charge in [-0.15, -0.1) is 0 Å². The third-order valence-electron chi connectivity index (χ3n) is 1.10. The van der Waals surface area contributed by atoms with Crippen molar-refractivity contribution in [3.05, 3.63) is 24.3 Å². The van der Waals surface area contributed by atoms with Crippen LogP contribution in [-0.2, 0) is 0 Å². The van der Waals surface area contributed by atoms with Gasteiger partial charge in [-0.05, 0) is 12.1 Å². The van der Waals surface area contributed by atoms with E-state index in [9.17, 15) is 0 Å². The van der Waals surface area contributed by atoms with Crippen LogP contribution in [0.15, 0.2) is 24.3 Å². The second-order valence-electron chi connectivity index (χ2n) is 2.02. The second kappa shape index (κ2) is 5.45. The molecule has 0 aliphatic heterocycles. The minimum atomic E-state index is -1.79. The molecule has 0 aliphatic carbocycles. The molecule has 0 bridgehead atoms. The molecule has 0 unspecified atom stereocenters. The molecule has 0 fully saturated rings. The molecule has 4 N–H and O–H groups in total. The summed E-state index contributed by atoms with van der Waals surface area (Å²) in [7, 11) is -1.79. The molecule has 0 amide bonds. The standard InChI is InChI=1S/C6H8BNO3.Na.H/c8-5-2-1-3-6(4-5)11-7(9)10;;/h1-4,9-10H,8H2;;. The summed E-state index contributed by atoms with van der Waals surface area (Å²) >= 11 is 0. The van der Waals surface area contributed by atoms with Crippen molar-refractivity contribution in [2.75, 3.05) is 5.73 Å². The van der Waals surface area contributed by atoms with Crippen LogP contribution in [0.5, 0.6) is 5.75 Å². The predicted molar refractivity (Wildman–Crippen MR) is 48.8 cm³/mol. The molecule has 0 aromatic heterocycles. The van der Waals surface area contributed by atoms with E-state index in [2.05, 4.69) is 4.65 Å². The zero-order chi connectivity index (χ0) is 8.27. The summed E-state index contributed by atoms with van der Waals surface area (Å²) in [4.78, 5) is 0. The van der Waals surface area contributed by atoms with Gasteiger partial charge in [0.15, 0.2) is 0 Å². The third-order valence-corrected chi connectivity index (χ3v) is 1.10.